The van der Waals surface area contributed by atoms with Crippen LogP contribution in [0.25, 0.3) is 6.08 Å². The van der Waals surface area contributed by atoms with Crippen molar-refractivity contribution in [3.05, 3.63) is 38.9 Å². The average molecular weight is 575 g/mol. The molecule has 1 aliphatic rings. The molecule has 2 rings (SSSR count). The topological polar surface area (TPSA) is 123 Å². The number of halogens is 8. The molecule has 210 valence electrons. The van der Waals surface area contributed by atoms with E-state index in [0.717, 1.165) is 20.8 Å². The SMILES string of the molecule is Cc1cc(S(F)(F)(F)(F)F)cc2c1OC(C(F)(F)F)C(C(=O)OC(C)OC(=O)OC(C)CO[N+](=O)[O-])=C2. The fraction of sp³-hybridized carbons (Fsp3) is 0.444. The van der Waals surface area contributed by atoms with Crippen LogP contribution in [0.2, 0.25) is 0 Å². The fourth-order valence-corrected chi connectivity index (χ4v) is 3.61. The van der Waals surface area contributed by atoms with Crippen molar-refractivity contribution in [2.24, 2.45) is 0 Å². The number of nitrogens with zero attached hydrogens (tertiary/aromatic N) is 1. The normalized spacial score (nSPS) is 19.0. The molecule has 1 aromatic rings. The highest BCUT2D eigenvalue weighted by Crippen LogP contribution is 3.02. The van der Waals surface area contributed by atoms with Gasteiger partial charge in [0.05, 0.1) is 5.57 Å². The van der Waals surface area contributed by atoms with Crippen LogP contribution in [0.1, 0.15) is 25.0 Å². The number of benzene rings is 1. The predicted molar refractivity (Wildman–Crippen MR) is 107 cm³/mol. The summed E-state index contributed by atoms with van der Waals surface area (Å²) in [5.41, 5.74) is -3.06. The molecule has 1 aromatic carbocycles. The molecule has 3 atom stereocenters. The number of carbonyl (C=O) groups excluding carboxylic acids is 2. The zero-order chi connectivity index (χ0) is 28.6. The first-order valence-corrected chi connectivity index (χ1v) is 11.6. The number of fused-ring (bicyclic) bond motifs is 1. The summed E-state index contributed by atoms with van der Waals surface area (Å²) in [4.78, 5) is 35.6. The number of alkyl halides is 3. The van der Waals surface area contributed by atoms with Gasteiger partial charge in [-0.2, -0.15) is 13.2 Å². The molecule has 0 amide bonds. The molecule has 0 saturated heterocycles. The third kappa shape index (κ3) is 7.99. The van der Waals surface area contributed by atoms with Gasteiger partial charge in [0.2, 0.25) is 12.4 Å². The van der Waals surface area contributed by atoms with Crippen molar-refractivity contribution in [1.82, 2.24) is 0 Å². The first-order chi connectivity index (χ1) is 16.5. The Balaban J connectivity index is 2.30. The highest BCUT2D eigenvalue weighted by Gasteiger charge is 2.65. The van der Waals surface area contributed by atoms with Crippen molar-refractivity contribution in [2.45, 2.75) is 50.3 Å². The van der Waals surface area contributed by atoms with Crippen LogP contribution >= 0.6 is 10.2 Å². The first-order valence-electron chi connectivity index (χ1n) is 9.67. The van der Waals surface area contributed by atoms with E-state index in [1.54, 1.807) is 0 Å². The van der Waals surface area contributed by atoms with E-state index >= 15 is 0 Å². The van der Waals surface area contributed by atoms with Gasteiger partial charge in [0.25, 0.3) is 5.09 Å². The second-order valence-corrected chi connectivity index (χ2v) is 9.96. The van der Waals surface area contributed by atoms with Crippen LogP contribution in [-0.2, 0) is 23.8 Å². The zero-order valence-electron chi connectivity index (χ0n) is 18.7. The Labute approximate surface area is 201 Å². The highest BCUT2D eigenvalue weighted by molar-refractivity contribution is 8.45. The molecule has 3 unspecified atom stereocenters. The van der Waals surface area contributed by atoms with Gasteiger partial charge < -0.3 is 23.8 Å². The molecule has 19 heteroatoms. The monoisotopic (exact) mass is 575 g/mol. The molecule has 0 fully saturated rings. The molecule has 1 heterocycles. The lowest BCUT2D eigenvalue weighted by atomic mass is 9.99. The van der Waals surface area contributed by atoms with Gasteiger partial charge in [-0.15, -0.1) is 10.1 Å². The molecular weight excluding hydrogens is 558 g/mol. The molecular formula is C18H17F8NO9S. The average Bonchev–Trinajstić information content (AvgIpc) is 2.68. The molecule has 0 bridgehead atoms. The molecule has 0 N–H and O–H groups in total. The number of hydrogen-bond donors (Lipinski definition) is 0. The van der Waals surface area contributed by atoms with E-state index < -0.39 is 86.1 Å². The van der Waals surface area contributed by atoms with Crippen molar-refractivity contribution in [3.63, 3.8) is 0 Å². The quantitative estimate of drug-likeness (QED) is 0.121. The molecule has 0 spiro atoms. The Morgan fingerprint density at radius 2 is 1.70 bits per heavy atom. The van der Waals surface area contributed by atoms with Gasteiger partial charge in [-0.05, 0) is 37.6 Å². The number of aryl methyl sites for hydroxylation is 1. The summed E-state index contributed by atoms with van der Waals surface area (Å²) in [6.45, 7) is 2.07. The van der Waals surface area contributed by atoms with E-state index in [1.165, 1.54) is 0 Å². The van der Waals surface area contributed by atoms with E-state index in [9.17, 15) is 52.3 Å². The second kappa shape index (κ2) is 9.10. The Morgan fingerprint density at radius 1 is 1.11 bits per heavy atom. The van der Waals surface area contributed by atoms with Gasteiger partial charge in [-0.1, -0.05) is 19.4 Å². The molecule has 10 nitrogen and oxygen atoms in total. The Hall–Kier alpha value is -3.51. The number of hydrogen-bond acceptors (Lipinski definition) is 9. The summed E-state index contributed by atoms with van der Waals surface area (Å²) >= 11 is 0. The van der Waals surface area contributed by atoms with E-state index in [1.807, 2.05) is 0 Å². The van der Waals surface area contributed by atoms with E-state index in [-0.39, 0.29) is 18.2 Å². The molecule has 1 aliphatic heterocycles. The lowest BCUT2D eigenvalue weighted by Crippen LogP contribution is -2.41. The van der Waals surface area contributed by atoms with E-state index in [2.05, 4.69) is 23.8 Å². The standard InChI is InChI=1S/C18H17F8NO9S/c1-8-4-12(37(22,23,24,25)26)5-11-6-13(15(18(19,20)21)36-14(8)11)16(28)34-10(3)35-17(29)33-9(2)7-32-27(30)31/h4-6,9-10,15H,7H2,1-3H3. The lowest BCUT2D eigenvalue weighted by Gasteiger charge is -2.41. The minimum Gasteiger partial charge on any atom is -0.475 e. The second-order valence-electron chi connectivity index (χ2n) is 7.56. The largest absolute Gasteiger partial charge is 0.511 e. The van der Waals surface area contributed by atoms with Crippen molar-refractivity contribution < 1.29 is 71.1 Å². The van der Waals surface area contributed by atoms with Gasteiger partial charge in [0.15, 0.2) is 0 Å². The molecule has 37 heavy (non-hydrogen) atoms. The summed E-state index contributed by atoms with van der Waals surface area (Å²) < 4.78 is 125. The summed E-state index contributed by atoms with van der Waals surface area (Å²) in [5.74, 6) is -2.71. The van der Waals surface area contributed by atoms with Crippen molar-refractivity contribution in [3.8, 4) is 5.75 Å². The zero-order valence-corrected chi connectivity index (χ0v) is 19.5. The smallest absolute Gasteiger partial charge is 0.475 e. The maximum absolute atomic E-state index is 13.6. The first kappa shape index (κ1) is 29.7. The van der Waals surface area contributed by atoms with Crippen molar-refractivity contribution in [2.75, 3.05) is 6.61 Å². The van der Waals surface area contributed by atoms with Crippen molar-refractivity contribution in [1.29, 1.82) is 0 Å². The van der Waals surface area contributed by atoms with Gasteiger partial charge in [-0.3, -0.25) is 0 Å². The summed E-state index contributed by atoms with van der Waals surface area (Å²) in [6.07, 6.45) is -12.9. The Bertz CT molecular complexity index is 1140. The number of esters is 1. The van der Waals surface area contributed by atoms with Gasteiger partial charge in [0.1, 0.15) is 23.4 Å². The van der Waals surface area contributed by atoms with Crippen molar-refractivity contribution >= 4 is 28.4 Å². The molecule has 0 aliphatic carbocycles. The van der Waals surface area contributed by atoms with E-state index in [0.29, 0.717) is 0 Å². The summed E-state index contributed by atoms with van der Waals surface area (Å²) in [5, 5.41) is 8.91. The number of carbonyl (C=O) groups is 2. The molecule has 0 saturated carbocycles. The predicted octanol–water partition coefficient (Wildman–Crippen LogP) is 6.00. The minimum atomic E-state index is -10.3. The van der Waals surface area contributed by atoms with Gasteiger partial charge in [0, 0.05) is 12.5 Å². The third-order valence-corrected chi connectivity index (χ3v) is 5.46. The van der Waals surface area contributed by atoms with Crippen LogP contribution in [0.15, 0.2) is 22.6 Å². The van der Waals surface area contributed by atoms with E-state index in [4.69, 9.17) is 0 Å². The van der Waals surface area contributed by atoms with Crippen LogP contribution < -0.4 is 4.74 Å². The lowest BCUT2D eigenvalue weighted by molar-refractivity contribution is -0.759. The maximum atomic E-state index is 13.6. The molecule has 0 aromatic heterocycles. The van der Waals surface area contributed by atoms with Gasteiger partial charge in [-0.25, -0.2) is 9.59 Å². The summed E-state index contributed by atoms with van der Waals surface area (Å²) in [6, 6.07) is -0.250. The maximum Gasteiger partial charge on any atom is 0.511 e. The minimum absolute atomic E-state index is 0.0792. The van der Waals surface area contributed by atoms with Crippen LogP contribution in [0.5, 0.6) is 5.75 Å². The highest BCUT2D eigenvalue weighted by atomic mass is 32.5. The Morgan fingerprint density at radius 3 is 2.22 bits per heavy atom. The van der Waals surface area contributed by atoms with Crippen LogP contribution in [0, 0.1) is 17.0 Å². The summed E-state index contributed by atoms with van der Waals surface area (Å²) in [7, 11) is -10.3. The Kier molecular flexibility index (Phi) is 7.31. The third-order valence-electron chi connectivity index (χ3n) is 4.33. The number of ether oxygens (including phenoxy) is 4. The fourth-order valence-electron chi connectivity index (χ4n) is 2.86. The number of rotatable bonds is 8. The van der Waals surface area contributed by atoms with Crippen LogP contribution in [0.4, 0.5) is 37.4 Å². The molecule has 0 radical (unpaired) electrons. The van der Waals surface area contributed by atoms with Crippen LogP contribution in [0.3, 0.4) is 0 Å². The van der Waals surface area contributed by atoms with Gasteiger partial charge >= 0.3 is 28.5 Å². The van der Waals surface area contributed by atoms with Crippen LogP contribution in [-0.4, -0.2) is 48.5 Å².